The van der Waals surface area contributed by atoms with Crippen LogP contribution in [0.3, 0.4) is 0 Å². The number of fused-ring (bicyclic) bond motifs is 2. The summed E-state index contributed by atoms with van der Waals surface area (Å²) < 4.78 is 0.0345. The number of rotatable bonds is 8. The molecule has 3 unspecified atom stereocenters. The SMILES string of the molecule is CCC1=Cc2c(-c3ccccc3)cccc2[CH]1[V]([Cl])([Cl])([CH]1C(CC)=Cc2c(-c3ccccc3)cccc21)[SiH](C)c1ccccc1. The zero-order chi connectivity index (χ0) is 31.2. The first-order chi connectivity index (χ1) is 21.9. The van der Waals surface area contributed by atoms with Crippen molar-refractivity contribution >= 4 is 44.2 Å². The molecule has 5 aromatic rings. The molecule has 0 saturated carbocycles. The van der Waals surface area contributed by atoms with Gasteiger partial charge in [0.05, 0.1) is 0 Å². The van der Waals surface area contributed by atoms with Gasteiger partial charge >= 0.3 is 280 Å². The molecule has 45 heavy (non-hydrogen) atoms. The van der Waals surface area contributed by atoms with Gasteiger partial charge in [-0.3, -0.25) is 0 Å². The van der Waals surface area contributed by atoms with Crippen molar-refractivity contribution in [2.75, 3.05) is 0 Å². The van der Waals surface area contributed by atoms with Gasteiger partial charge in [-0.1, -0.05) is 0 Å². The minimum atomic E-state index is -4.54. The number of hydrogen-bond acceptors (Lipinski definition) is 0. The van der Waals surface area contributed by atoms with Crippen LogP contribution in [0.15, 0.2) is 139 Å². The predicted octanol–water partition coefficient (Wildman–Crippen LogP) is 11.7. The molecule has 0 aliphatic heterocycles. The second-order valence-corrected chi connectivity index (χ2v) is 37.4. The van der Waals surface area contributed by atoms with Gasteiger partial charge in [0.2, 0.25) is 0 Å². The summed E-state index contributed by atoms with van der Waals surface area (Å²) in [5, 5.41) is 1.36. The first-order valence-corrected chi connectivity index (χ1v) is 26.3. The summed E-state index contributed by atoms with van der Waals surface area (Å²) in [4.78, 5) is 0. The molecule has 4 heteroatoms. The molecule has 0 N–H and O–H groups in total. The van der Waals surface area contributed by atoms with E-state index in [1.807, 2.05) is 0 Å². The molecular formula is C41H39Cl2SiV. The molecule has 0 bridgehead atoms. The second-order valence-electron chi connectivity index (χ2n) is 12.5. The Balaban J connectivity index is 1.51. The van der Waals surface area contributed by atoms with Crippen LogP contribution in [0.2, 0.25) is 6.55 Å². The Morgan fingerprint density at radius 3 is 1.33 bits per heavy atom. The number of halogens is 2. The normalized spacial score (nSPS) is 18.7. The molecule has 0 spiro atoms. The van der Waals surface area contributed by atoms with E-state index >= 15 is 0 Å². The molecule has 3 atom stereocenters. The van der Waals surface area contributed by atoms with Gasteiger partial charge in [0.25, 0.3) is 0 Å². The Morgan fingerprint density at radius 2 is 0.933 bits per heavy atom. The maximum atomic E-state index is 8.82. The Morgan fingerprint density at radius 1 is 0.533 bits per heavy atom. The Bertz CT molecular complexity index is 1810. The molecule has 0 radical (unpaired) electrons. The molecule has 0 heterocycles. The van der Waals surface area contributed by atoms with E-state index < -0.39 is 17.5 Å². The van der Waals surface area contributed by atoms with Gasteiger partial charge < -0.3 is 0 Å². The van der Waals surface area contributed by atoms with Gasteiger partial charge in [0.1, 0.15) is 0 Å². The number of benzene rings is 5. The first-order valence-electron chi connectivity index (χ1n) is 16.1. The zero-order valence-corrected chi connectivity index (χ0v) is 30.2. The molecule has 0 saturated heterocycles. The van der Waals surface area contributed by atoms with Gasteiger partial charge in [-0.25, -0.2) is 0 Å². The third-order valence-corrected chi connectivity index (χ3v) is 39.3. The van der Waals surface area contributed by atoms with Crippen LogP contribution in [0.25, 0.3) is 34.4 Å². The van der Waals surface area contributed by atoms with Crippen molar-refractivity contribution in [3.8, 4) is 22.3 Å². The average Bonchev–Trinajstić information content (AvgIpc) is 3.69. The van der Waals surface area contributed by atoms with E-state index in [1.165, 1.54) is 60.8 Å². The Labute approximate surface area is 278 Å². The van der Waals surface area contributed by atoms with Crippen molar-refractivity contribution < 1.29 is 10.3 Å². The molecule has 0 nitrogen and oxygen atoms in total. The van der Waals surface area contributed by atoms with Crippen molar-refractivity contribution in [2.24, 2.45) is 0 Å². The molecule has 0 aromatic heterocycles. The molecule has 226 valence electrons. The van der Waals surface area contributed by atoms with Crippen LogP contribution in [-0.2, 0) is 10.3 Å². The van der Waals surface area contributed by atoms with Crippen LogP contribution in [0.4, 0.5) is 0 Å². The monoisotopic (exact) mass is 680 g/mol. The quantitative estimate of drug-likeness (QED) is 0.143. The van der Waals surface area contributed by atoms with Crippen molar-refractivity contribution in [2.45, 2.75) is 42.5 Å². The van der Waals surface area contributed by atoms with E-state index in [2.05, 4.69) is 160 Å². The summed E-state index contributed by atoms with van der Waals surface area (Å²) in [5.74, 6) is 0. The fraction of sp³-hybridized carbons (Fsp3) is 0.171. The maximum absolute atomic E-state index is 8.82. The summed E-state index contributed by atoms with van der Waals surface area (Å²) in [5.41, 5.74) is 13.0. The first kappa shape index (κ1) is 30.6. The van der Waals surface area contributed by atoms with Crippen LogP contribution in [0, 0.1) is 0 Å². The van der Waals surface area contributed by atoms with Crippen molar-refractivity contribution in [3.63, 3.8) is 0 Å². The molecule has 2 aliphatic carbocycles. The summed E-state index contributed by atoms with van der Waals surface area (Å²) in [6.45, 7) is 7.03. The van der Waals surface area contributed by atoms with Gasteiger partial charge in [-0.15, -0.1) is 0 Å². The summed E-state index contributed by atoms with van der Waals surface area (Å²) in [7, 11) is 11.1. The van der Waals surface area contributed by atoms with Crippen molar-refractivity contribution in [1.82, 2.24) is 0 Å². The predicted molar refractivity (Wildman–Crippen MR) is 197 cm³/mol. The van der Waals surface area contributed by atoms with Crippen LogP contribution < -0.4 is 5.19 Å². The van der Waals surface area contributed by atoms with E-state index in [-0.39, 0.29) is 9.26 Å². The average molecular weight is 682 g/mol. The van der Waals surface area contributed by atoms with Gasteiger partial charge in [-0.2, -0.15) is 0 Å². The van der Waals surface area contributed by atoms with E-state index in [0.717, 1.165) is 12.8 Å². The molecule has 0 amide bonds. The van der Waals surface area contributed by atoms with E-state index in [0.29, 0.717) is 0 Å². The van der Waals surface area contributed by atoms with Crippen LogP contribution in [0.1, 0.15) is 58.2 Å². The summed E-state index contributed by atoms with van der Waals surface area (Å²) in [6, 6.07) is 46.2. The zero-order valence-electron chi connectivity index (χ0n) is 26.1. The summed E-state index contributed by atoms with van der Waals surface area (Å²) >= 11 is 0. The summed E-state index contributed by atoms with van der Waals surface area (Å²) in [6.07, 6.45) is 6.75. The molecule has 0 fully saturated rings. The second kappa shape index (κ2) is 12.0. The van der Waals surface area contributed by atoms with E-state index in [1.54, 1.807) is 0 Å². The van der Waals surface area contributed by atoms with Gasteiger partial charge in [0.15, 0.2) is 0 Å². The molecule has 5 aromatic carbocycles. The Kier molecular flexibility index (Phi) is 8.13. The van der Waals surface area contributed by atoms with Crippen molar-refractivity contribution in [3.05, 3.63) is 161 Å². The van der Waals surface area contributed by atoms with Crippen LogP contribution in [-0.4, -0.2) is 7.17 Å². The topological polar surface area (TPSA) is 0 Å². The molecule has 2 aliphatic rings. The van der Waals surface area contributed by atoms with Crippen LogP contribution in [0.5, 0.6) is 0 Å². The van der Waals surface area contributed by atoms with Gasteiger partial charge in [-0.05, 0) is 0 Å². The van der Waals surface area contributed by atoms with Gasteiger partial charge in [0, 0.05) is 0 Å². The van der Waals surface area contributed by atoms with Crippen molar-refractivity contribution in [1.29, 1.82) is 0 Å². The van der Waals surface area contributed by atoms with E-state index in [4.69, 9.17) is 19.7 Å². The Hall–Kier alpha value is -3.04. The fourth-order valence-corrected chi connectivity index (χ4v) is 33.0. The van der Waals surface area contributed by atoms with Crippen LogP contribution >= 0.6 is 19.7 Å². The minimum absolute atomic E-state index is 0.0173. The molecule has 7 rings (SSSR count). The fourth-order valence-electron chi connectivity index (χ4n) is 8.00. The number of hydrogen-bond donors (Lipinski definition) is 0. The third-order valence-electron chi connectivity index (χ3n) is 10.2. The third kappa shape index (κ3) is 4.87. The number of allylic oxidation sites excluding steroid dienone is 2. The van der Waals surface area contributed by atoms with E-state index in [9.17, 15) is 0 Å². The standard InChI is InChI=1S/2C17H15.C7H9Si.2ClH.V/c2*1-2-13-11-15-9-6-10-16(17(15)12-13)14-7-4-3-5-8-14;1-8-7-5-3-2-4-6-7;;;/h2*3-12H,2H2,1H3;2-6,8H,1H3;2*1H;/q;;;;;+2/p-2. The molecular weight excluding hydrogens is 642 g/mol.